The average Bonchev–Trinajstić information content (AvgIpc) is 2.10. The van der Waals surface area contributed by atoms with Gasteiger partial charge in [-0.3, -0.25) is 4.79 Å². The van der Waals surface area contributed by atoms with E-state index in [0.29, 0.717) is 0 Å². The smallest absolute Gasteiger partial charge is 0.316 e. The Morgan fingerprint density at radius 2 is 1.75 bits per heavy atom. The van der Waals surface area contributed by atoms with Crippen molar-refractivity contribution in [2.45, 2.75) is 41.5 Å². The Bertz CT molecular complexity index is 290. The molecule has 0 N–H and O–H groups in total. The second kappa shape index (κ2) is 5.33. The molecule has 0 aromatic carbocycles. The molecular weight excluding hydrogens is 200 g/mol. The minimum atomic E-state index is -0.602. The summed E-state index contributed by atoms with van der Waals surface area (Å²) in [6.45, 7) is 15.8. The fourth-order valence-corrected chi connectivity index (χ4v) is 1.44. The Morgan fingerprint density at radius 3 is 2.06 bits per heavy atom. The van der Waals surface area contributed by atoms with Gasteiger partial charge in [-0.25, -0.2) is 0 Å². The monoisotopic (exact) mass is 224 g/mol. The van der Waals surface area contributed by atoms with Crippen molar-refractivity contribution in [3.8, 4) is 0 Å². The number of carbonyl (C=O) groups excluding carboxylic acids is 1. The molecule has 0 aromatic rings. The summed E-state index contributed by atoms with van der Waals surface area (Å²) in [6.07, 6.45) is 3.57. The second-order valence-corrected chi connectivity index (χ2v) is 5.56. The van der Waals surface area contributed by atoms with Gasteiger partial charge in [0, 0.05) is 0 Å². The molecule has 0 fully saturated rings. The molecule has 0 radical (unpaired) electrons. The van der Waals surface area contributed by atoms with Crippen LogP contribution in [0.4, 0.5) is 0 Å². The molecule has 1 atom stereocenters. The first-order valence-electron chi connectivity index (χ1n) is 5.59. The van der Waals surface area contributed by atoms with Gasteiger partial charge in [0.1, 0.15) is 6.61 Å². The van der Waals surface area contributed by atoms with E-state index in [-0.39, 0.29) is 18.0 Å². The molecule has 92 valence electrons. The third kappa shape index (κ3) is 3.51. The van der Waals surface area contributed by atoms with Gasteiger partial charge in [-0.2, -0.15) is 0 Å². The molecule has 0 aliphatic rings. The average molecular weight is 224 g/mol. The summed E-state index contributed by atoms with van der Waals surface area (Å²) in [7, 11) is 0. The number of allylic oxidation sites excluding steroid dienone is 1. The van der Waals surface area contributed by atoms with E-state index in [1.165, 1.54) is 0 Å². The maximum absolute atomic E-state index is 12.1. The van der Waals surface area contributed by atoms with Crippen LogP contribution in [0.5, 0.6) is 0 Å². The van der Waals surface area contributed by atoms with Gasteiger partial charge in [0.2, 0.25) is 0 Å². The van der Waals surface area contributed by atoms with Crippen LogP contribution in [0.25, 0.3) is 0 Å². The second-order valence-electron chi connectivity index (χ2n) is 5.56. The van der Waals surface area contributed by atoms with Gasteiger partial charge in [-0.15, -0.1) is 0 Å². The Balaban J connectivity index is 5.17. The molecule has 0 saturated heterocycles. The molecule has 0 aliphatic carbocycles. The van der Waals surface area contributed by atoms with E-state index < -0.39 is 5.41 Å². The summed E-state index contributed by atoms with van der Waals surface area (Å²) in [5.41, 5.74) is 0.338. The molecule has 0 aromatic heterocycles. The largest absolute Gasteiger partial charge is 0.461 e. The predicted octanol–water partition coefficient (Wildman–Crippen LogP) is 3.73. The number of carbonyl (C=O) groups is 1. The highest BCUT2D eigenvalue weighted by Crippen LogP contribution is 2.41. The van der Waals surface area contributed by atoms with Crippen LogP contribution in [0, 0.1) is 10.8 Å². The molecule has 0 heterocycles. The van der Waals surface area contributed by atoms with E-state index in [0.717, 1.165) is 5.57 Å². The number of esters is 1. The molecule has 0 amide bonds. The highest BCUT2D eigenvalue weighted by molar-refractivity contribution is 5.80. The quantitative estimate of drug-likeness (QED) is 0.537. The normalized spacial score (nSPS) is 14.9. The fourth-order valence-electron chi connectivity index (χ4n) is 1.44. The van der Waals surface area contributed by atoms with Gasteiger partial charge in [0.05, 0.1) is 5.41 Å². The third-order valence-electron chi connectivity index (χ3n) is 2.89. The lowest BCUT2D eigenvalue weighted by molar-refractivity contribution is -0.156. The molecule has 0 rings (SSSR count). The van der Waals surface area contributed by atoms with Gasteiger partial charge >= 0.3 is 5.97 Å². The molecule has 0 saturated carbocycles. The van der Waals surface area contributed by atoms with Crippen LogP contribution in [0.15, 0.2) is 24.3 Å². The lowest BCUT2D eigenvalue weighted by atomic mass is 9.67. The van der Waals surface area contributed by atoms with E-state index in [9.17, 15) is 4.79 Å². The molecule has 2 nitrogen and oxygen atoms in total. The summed E-state index contributed by atoms with van der Waals surface area (Å²) in [6, 6.07) is 0. The van der Waals surface area contributed by atoms with Crippen LogP contribution in [-0.2, 0) is 9.53 Å². The van der Waals surface area contributed by atoms with Crippen molar-refractivity contribution in [1.29, 1.82) is 0 Å². The lowest BCUT2D eigenvalue weighted by Gasteiger charge is -2.37. The zero-order valence-electron chi connectivity index (χ0n) is 11.4. The van der Waals surface area contributed by atoms with E-state index in [1.54, 1.807) is 6.08 Å². The van der Waals surface area contributed by atoms with Crippen molar-refractivity contribution in [2.75, 3.05) is 6.61 Å². The number of ether oxygens (including phenoxy) is 1. The van der Waals surface area contributed by atoms with Gasteiger partial charge in [0.25, 0.3) is 0 Å². The van der Waals surface area contributed by atoms with Crippen molar-refractivity contribution in [3.05, 3.63) is 24.3 Å². The van der Waals surface area contributed by atoms with Crippen LogP contribution in [0.1, 0.15) is 41.5 Å². The summed E-state index contributed by atoms with van der Waals surface area (Å²) < 4.78 is 5.18. The first-order chi connectivity index (χ1) is 7.15. The van der Waals surface area contributed by atoms with Crippen LogP contribution in [-0.4, -0.2) is 12.6 Å². The molecular formula is C14H24O2. The summed E-state index contributed by atoms with van der Waals surface area (Å²) in [5.74, 6) is -0.193. The standard InChI is InChI=1S/C14H24O2/c1-8-9-16-12(15)14(7,10-11(2)3)13(4,5)6/h8,10H,1,9H2,2-7H3. The minimum Gasteiger partial charge on any atom is -0.461 e. The van der Waals surface area contributed by atoms with Gasteiger partial charge in [0.15, 0.2) is 0 Å². The van der Waals surface area contributed by atoms with Crippen LogP contribution in [0.3, 0.4) is 0 Å². The number of rotatable bonds is 4. The molecule has 1 unspecified atom stereocenters. The van der Waals surface area contributed by atoms with Gasteiger partial charge in [-0.05, 0) is 26.2 Å². The van der Waals surface area contributed by atoms with Crippen molar-refractivity contribution < 1.29 is 9.53 Å². The van der Waals surface area contributed by atoms with Gasteiger partial charge in [-0.1, -0.05) is 45.1 Å². The SMILES string of the molecule is C=CCOC(=O)C(C)(C=C(C)C)C(C)(C)C. The zero-order valence-corrected chi connectivity index (χ0v) is 11.4. The highest BCUT2D eigenvalue weighted by atomic mass is 16.5. The van der Waals surface area contributed by atoms with Crippen molar-refractivity contribution in [1.82, 2.24) is 0 Å². The Hall–Kier alpha value is -1.05. The zero-order chi connectivity index (χ0) is 13.0. The Morgan fingerprint density at radius 1 is 1.25 bits per heavy atom. The maximum atomic E-state index is 12.1. The molecule has 2 heteroatoms. The summed E-state index contributed by atoms with van der Waals surface area (Å²) in [5, 5.41) is 0. The van der Waals surface area contributed by atoms with Crippen molar-refractivity contribution in [2.24, 2.45) is 10.8 Å². The van der Waals surface area contributed by atoms with E-state index >= 15 is 0 Å². The van der Waals surface area contributed by atoms with Crippen molar-refractivity contribution >= 4 is 5.97 Å². The minimum absolute atomic E-state index is 0.178. The Kier molecular flexibility index (Phi) is 4.98. The first kappa shape index (κ1) is 14.9. The highest BCUT2D eigenvalue weighted by Gasteiger charge is 2.43. The third-order valence-corrected chi connectivity index (χ3v) is 2.89. The molecule has 0 aliphatic heterocycles. The maximum Gasteiger partial charge on any atom is 0.316 e. The van der Waals surface area contributed by atoms with Crippen LogP contribution in [0.2, 0.25) is 0 Å². The van der Waals surface area contributed by atoms with Crippen LogP contribution < -0.4 is 0 Å². The summed E-state index contributed by atoms with van der Waals surface area (Å²) in [4.78, 5) is 12.1. The van der Waals surface area contributed by atoms with Crippen LogP contribution >= 0.6 is 0 Å². The molecule has 0 spiro atoms. The molecule has 16 heavy (non-hydrogen) atoms. The topological polar surface area (TPSA) is 26.3 Å². The lowest BCUT2D eigenvalue weighted by Crippen LogP contribution is -2.40. The first-order valence-corrected chi connectivity index (χ1v) is 5.59. The number of hydrogen-bond donors (Lipinski definition) is 0. The van der Waals surface area contributed by atoms with E-state index in [2.05, 4.69) is 6.58 Å². The fraction of sp³-hybridized carbons (Fsp3) is 0.643. The summed E-state index contributed by atoms with van der Waals surface area (Å²) >= 11 is 0. The van der Waals surface area contributed by atoms with E-state index in [4.69, 9.17) is 4.74 Å². The van der Waals surface area contributed by atoms with Gasteiger partial charge < -0.3 is 4.74 Å². The van der Waals surface area contributed by atoms with Crippen molar-refractivity contribution in [3.63, 3.8) is 0 Å². The number of hydrogen-bond acceptors (Lipinski definition) is 2. The van der Waals surface area contributed by atoms with E-state index in [1.807, 2.05) is 47.6 Å². The predicted molar refractivity (Wildman–Crippen MR) is 68.1 cm³/mol. The Labute approximate surface area is 99.4 Å². The molecule has 0 bridgehead atoms.